The summed E-state index contributed by atoms with van der Waals surface area (Å²) >= 11 is 0.466. The predicted molar refractivity (Wildman–Crippen MR) is 65.5 cm³/mol. The Morgan fingerprint density at radius 2 is 1.60 bits per heavy atom. The lowest BCUT2D eigenvalue weighted by molar-refractivity contribution is -0.284. The third-order valence-corrected chi connectivity index (χ3v) is 4.21. The molecule has 1 aromatic carbocycles. The van der Waals surface area contributed by atoms with Gasteiger partial charge in [0.1, 0.15) is 0 Å². The van der Waals surface area contributed by atoms with Gasteiger partial charge in [0.15, 0.2) is 5.92 Å². The van der Waals surface area contributed by atoms with Crippen molar-refractivity contribution in [2.75, 3.05) is 4.72 Å². The topological polar surface area (TPSA) is 12.0 Å². The Bertz CT molecular complexity index is 508. The number of aryl methyl sites for hydroxylation is 2. The maximum atomic E-state index is 12.8. The molecule has 1 heterocycles. The van der Waals surface area contributed by atoms with Crippen molar-refractivity contribution in [3.8, 4) is 0 Å². The van der Waals surface area contributed by atoms with Crippen LogP contribution in [0.4, 0.5) is 32.0 Å². The van der Waals surface area contributed by atoms with Crippen LogP contribution < -0.4 is 4.72 Å². The highest BCUT2D eigenvalue weighted by Gasteiger charge is 2.62. The molecule has 1 nitrogen and oxygen atoms in total. The number of hydrogen-bond donors (Lipinski definition) is 1. The zero-order valence-corrected chi connectivity index (χ0v) is 11.3. The van der Waals surface area contributed by atoms with Crippen molar-refractivity contribution in [2.24, 2.45) is 5.92 Å². The molecule has 0 aromatic heterocycles. The number of anilines is 1. The van der Waals surface area contributed by atoms with Crippen molar-refractivity contribution in [3.05, 3.63) is 28.8 Å². The summed E-state index contributed by atoms with van der Waals surface area (Å²) in [7, 11) is 0. The average Bonchev–Trinajstić information content (AvgIpc) is 2.57. The fourth-order valence-corrected chi connectivity index (χ4v) is 3.61. The Labute approximate surface area is 115 Å². The standard InChI is InChI=1S/C12H11F6NS/c1-5-3-6(2)8-7(4-5)9(20-19-8)10(11(13,14)15)12(16,17)18/h3-4,9-10,19H,1-2H3. The van der Waals surface area contributed by atoms with E-state index in [4.69, 9.17) is 0 Å². The van der Waals surface area contributed by atoms with E-state index in [2.05, 4.69) is 4.72 Å². The van der Waals surface area contributed by atoms with E-state index in [1.807, 2.05) is 0 Å². The summed E-state index contributed by atoms with van der Waals surface area (Å²) < 4.78 is 79.4. The van der Waals surface area contributed by atoms with Crippen LogP contribution in [0.15, 0.2) is 12.1 Å². The SMILES string of the molecule is Cc1cc(C)c2c(c1)C(C(C(F)(F)F)C(F)(F)F)SN2. The van der Waals surface area contributed by atoms with Crippen molar-refractivity contribution >= 4 is 17.6 Å². The van der Waals surface area contributed by atoms with Crippen LogP contribution in [-0.2, 0) is 0 Å². The van der Waals surface area contributed by atoms with Crippen LogP contribution in [0.25, 0.3) is 0 Å². The molecule has 0 amide bonds. The fraction of sp³-hybridized carbons (Fsp3) is 0.500. The summed E-state index contributed by atoms with van der Waals surface area (Å²) in [5.74, 6) is -3.38. The summed E-state index contributed by atoms with van der Waals surface area (Å²) in [4.78, 5) is 0. The number of nitrogens with one attached hydrogen (secondary N) is 1. The molecule has 2 rings (SSSR count). The average molecular weight is 315 g/mol. The van der Waals surface area contributed by atoms with Crippen molar-refractivity contribution in [1.29, 1.82) is 0 Å². The molecule has 1 atom stereocenters. The van der Waals surface area contributed by atoms with Gasteiger partial charge in [-0.15, -0.1) is 0 Å². The molecule has 0 radical (unpaired) electrons. The smallest absolute Gasteiger partial charge is 0.329 e. The first-order valence-electron chi connectivity index (χ1n) is 5.68. The van der Waals surface area contributed by atoms with Gasteiger partial charge in [-0.25, -0.2) is 0 Å². The molecule has 0 spiro atoms. The maximum Gasteiger partial charge on any atom is 0.401 e. The van der Waals surface area contributed by atoms with Crippen LogP contribution in [0.3, 0.4) is 0 Å². The number of alkyl halides is 6. The highest BCUT2D eigenvalue weighted by Crippen LogP contribution is 2.56. The Kier molecular flexibility index (Phi) is 3.64. The zero-order valence-electron chi connectivity index (χ0n) is 10.5. The predicted octanol–water partition coefficient (Wildman–Crippen LogP) is 5.16. The van der Waals surface area contributed by atoms with E-state index in [0.717, 1.165) is 0 Å². The molecule has 1 aliphatic heterocycles. The molecular formula is C12H11F6NS. The quantitative estimate of drug-likeness (QED) is 0.567. The minimum Gasteiger partial charge on any atom is -0.329 e. The second kappa shape index (κ2) is 4.75. The minimum atomic E-state index is -5.34. The number of fused-ring (bicyclic) bond motifs is 1. The van der Waals surface area contributed by atoms with Gasteiger partial charge in [0.05, 0.1) is 10.9 Å². The zero-order chi connectivity index (χ0) is 15.3. The fourth-order valence-electron chi connectivity index (χ4n) is 2.33. The Hall–Kier alpha value is -1.05. The van der Waals surface area contributed by atoms with Gasteiger partial charge in [0.25, 0.3) is 0 Å². The van der Waals surface area contributed by atoms with Crippen molar-refractivity contribution in [1.82, 2.24) is 0 Å². The Morgan fingerprint density at radius 3 is 2.10 bits per heavy atom. The summed E-state index contributed by atoms with van der Waals surface area (Å²) in [6.45, 7) is 3.29. The summed E-state index contributed by atoms with van der Waals surface area (Å²) in [5.41, 5.74) is 1.69. The van der Waals surface area contributed by atoms with Gasteiger partial charge in [-0.2, -0.15) is 26.3 Å². The van der Waals surface area contributed by atoms with Crippen LogP contribution in [0.1, 0.15) is 21.9 Å². The monoisotopic (exact) mass is 315 g/mol. The van der Waals surface area contributed by atoms with E-state index in [0.29, 0.717) is 28.8 Å². The van der Waals surface area contributed by atoms with Crippen LogP contribution in [0.2, 0.25) is 0 Å². The van der Waals surface area contributed by atoms with E-state index in [9.17, 15) is 26.3 Å². The lowest BCUT2D eigenvalue weighted by atomic mass is 9.93. The van der Waals surface area contributed by atoms with Gasteiger partial charge >= 0.3 is 12.4 Å². The molecule has 0 bridgehead atoms. The third-order valence-electron chi connectivity index (χ3n) is 3.11. The number of benzene rings is 1. The van der Waals surface area contributed by atoms with Gasteiger partial charge in [-0.1, -0.05) is 17.7 Å². The van der Waals surface area contributed by atoms with Gasteiger partial charge in [-0.3, -0.25) is 0 Å². The second-order valence-electron chi connectivity index (χ2n) is 4.75. The number of rotatable bonds is 1. The van der Waals surface area contributed by atoms with Crippen molar-refractivity contribution in [3.63, 3.8) is 0 Å². The summed E-state index contributed by atoms with van der Waals surface area (Å²) in [6.07, 6.45) is -10.7. The lowest BCUT2D eigenvalue weighted by Crippen LogP contribution is -2.39. The molecule has 0 saturated carbocycles. The Morgan fingerprint density at radius 1 is 1.05 bits per heavy atom. The van der Waals surface area contributed by atoms with Crippen molar-refractivity contribution < 1.29 is 26.3 Å². The molecule has 0 aliphatic carbocycles. The first-order chi connectivity index (χ1) is 9.01. The third kappa shape index (κ3) is 2.70. The summed E-state index contributed by atoms with van der Waals surface area (Å²) in [6, 6.07) is 3.09. The van der Waals surface area contributed by atoms with E-state index in [1.165, 1.54) is 6.07 Å². The van der Waals surface area contributed by atoms with Crippen molar-refractivity contribution in [2.45, 2.75) is 31.5 Å². The van der Waals surface area contributed by atoms with Crippen LogP contribution in [0.5, 0.6) is 0 Å². The summed E-state index contributed by atoms with van der Waals surface area (Å²) in [5, 5.41) is -1.72. The first-order valence-corrected chi connectivity index (χ1v) is 6.56. The molecule has 1 aliphatic rings. The van der Waals surface area contributed by atoms with Gasteiger partial charge in [-0.05, 0) is 36.9 Å². The highest BCUT2D eigenvalue weighted by molar-refractivity contribution is 8.01. The number of halogens is 6. The van der Waals surface area contributed by atoms with Crippen LogP contribution >= 0.6 is 11.9 Å². The Balaban J connectivity index is 2.51. The lowest BCUT2D eigenvalue weighted by Gasteiger charge is -2.27. The molecule has 112 valence electrons. The number of hydrogen-bond acceptors (Lipinski definition) is 2. The van der Waals surface area contributed by atoms with E-state index in [1.54, 1.807) is 19.9 Å². The molecule has 8 heteroatoms. The molecule has 1 aromatic rings. The maximum absolute atomic E-state index is 12.8. The molecule has 20 heavy (non-hydrogen) atoms. The largest absolute Gasteiger partial charge is 0.401 e. The minimum absolute atomic E-state index is 0.0622. The normalized spacial score (nSPS) is 19.1. The van der Waals surface area contributed by atoms with Crippen LogP contribution in [-0.4, -0.2) is 12.4 Å². The molecule has 0 saturated heterocycles. The molecule has 0 fully saturated rings. The van der Waals surface area contributed by atoms with E-state index >= 15 is 0 Å². The molecule has 1 N–H and O–H groups in total. The van der Waals surface area contributed by atoms with Gasteiger partial charge < -0.3 is 4.72 Å². The van der Waals surface area contributed by atoms with Gasteiger partial charge in [0, 0.05) is 0 Å². The molecule has 1 unspecified atom stereocenters. The van der Waals surface area contributed by atoms with E-state index < -0.39 is 23.5 Å². The first kappa shape index (κ1) is 15.3. The highest BCUT2D eigenvalue weighted by atomic mass is 32.2. The van der Waals surface area contributed by atoms with Crippen LogP contribution in [0, 0.1) is 19.8 Å². The van der Waals surface area contributed by atoms with Gasteiger partial charge in [0.2, 0.25) is 0 Å². The second-order valence-corrected chi connectivity index (χ2v) is 5.70. The molecular weight excluding hydrogens is 304 g/mol. The van der Waals surface area contributed by atoms with E-state index in [-0.39, 0.29) is 5.56 Å².